The molecule has 1 heterocycles. The van der Waals surface area contributed by atoms with Crippen molar-refractivity contribution in [2.24, 2.45) is 0 Å². The normalized spacial score (nSPS) is 16.8. The highest BCUT2D eigenvalue weighted by atomic mass is 35.5. The van der Waals surface area contributed by atoms with Gasteiger partial charge in [0.2, 0.25) is 0 Å². The van der Waals surface area contributed by atoms with Crippen molar-refractivity contribution < 1.29 is 14.6 Å². The minimum absolute atomic E-state index is 0.222. The molecule has 6 heteroatoms. The summed E-state index contributed by atoms with van der Waals surface area (Å²) >= 11 is 6.08. The first-order chi connectivity index (χ1) is 13.6. The Morgan fingerprint density at radius 2 is 1.57 bits per heavy atom. The third-order valence-corrected chi connectivity index (χ3v) is 5.41. The van der Waals surface area contributed by atoms with E-state index in [1.807, 2.05) is 18.2 Å². The summed E-state index contributed by atoms with van der Waals surface area (Å²) in [4.78, 5) is 15.3. The van der Waals surface area contributed by atoms with E-state index in [4.69, 9.17) is 21.4 Å². The highest BCUT2D eigenvalue weighted by Crippen LogP contribution is 2.27. The molecule has 3 rings (SSSR count). The standard InChI is InChI=1S/C22H27ClN2O3/c23-20-8-6-19(7-9-20)21(18-4-2-1-3-5-18)16-25-12-10-24(11-13-25)14-15-28-17-22(26)27/h1-9,21H,10-17H2,(H,26,27). The average molecular weight is 403 g/mol. The smallest absolute Gasteiger partial charge is 0.329 e. The van der Waals surface area contributed by atoms with Crippen molar-refractivity contribution in [2.45, 2.75) is 5.92 Å². The van der Waals surface area contributed by atoms with Crippen LogP contribution < -0.4 is 0 Å². The van der Waals surface area contributed by atoms with Gasteiger partial charge in [0, 0.05) is 50.2 Å². The summed E-state index contributed by atoms with van der Waals surface area (Å²) in [7, 11) is 0. The van der Waals surface area contributed by atoms with Crippen LogP contribution in [0.15, 0.2) is 54.6 Å². The quantitative estimate of drug-likeness (QED) is 0.653. The minimum atomic E-state index is -0.918. The van der Waals surface area contributed by atoms with Crippen LogP contribution in [-0.4, -0.2) is 73.4 Å². The molecule has 0 spiro atoms. The number of carboxylic acid groups (broad SMARTS) is 1. The Morgan fingerprint density at radius 3 is 2.21 bits per heavy atom. The molecular formula is C22H27ClN2O3. The number of ether oxygens (including phenoxy) is 1. The summed E-state index contributed by atoms with van der Waals surface area (Å²) in [5.41, 5.74) is 2.59. The van der Waals surface area contributed by atoms with Crippen LogP contribution >= 0.6 is 11.6 Å². The molecule has 0 amide bonds. The number of hydrogen-bond donors (Lipinski definition) is 1. The summed E-state index contributed by atoms with van der Waals surface area (Å²) in [5, 5.41) is 9.38. The van der Waals surface area contributed by atoms with Crippen molar-refractivity contribution in [3.8, 4) is 0 Å². The van der Waals surface area contributed by atoms with E-state index < -0.39 is 5.97 Å². The molecule has 2 aromatic rings. The lowest BCUT2D eigenvalue weighted by Crippen LogP contribution is -2.48. The first-order valence-corrected chi connectivity index (χ1v) is 10.0. The van der Waals surface area contributed by atoms with Gasteiger partial charge in [-0.3, -0.25) is 9.80 Å². The fourth-order valence-corrected chi connectivity index (χ4v) is 3.72. The molecule has 0 aromatic heterocycles. The molecule has 1 N–H and O–H groups in total. The predicted molar refractivity (Wildman–Crippen MR) is 111 cm³/mol. The van der Waals surface area contributed by atoms with Crippen molar-refractivity contribution in [3.05, 3.63) is 70.7 Å². The molecule has 2 aromatic carbocycles. The third kappa shape index (κ3) is 6.31. The van der Waals surface area contributed by atoms with Crippen molar-refractivity contribution in [3.63, 3.8) is 0 Å². The Hall–Kier alpha value is -1.92. The Kier molecular flexibility index (Phi) is 7.86. The van der Waals surface area contributed by atoms with Crippen LogP contribution in [-0.2, 0) is 9.53 Å². The fourth-order valence-electron chi connectivity index (χ4n) is 3.59. The number of nitrogens with zero attached hydrogens (tertiary/aromatic N) is 2. The zero-order valence-corrected chi connectivity index (χ0v) is 16.7. The Bertz CT molecular complexity index is 731. The molecule has 0 radical (unpaired) electrons. The lowest BCUT2D eigenvalue weighted by molar-refractivity contribution is -0.142. The van der Waals surface area contributed by atoms with Crippen LogP contribution in [0.4, 0.5) is 0 Å². The molecular weight excluding hydrogens is 376 g/mol. The maximum atomic E-state index is 10.5. The highest BCUT2D eigenvalue weighted by molar-refractivity contribution is 6.30. The molecule has 0 bridgehead atoms. The summed E-state index contributed by atoms with van der Waals surface area (Å²) in [6.45, 7) is 5.92. The van der Waals surface area contributed by atoms with Gasteiger partial charge >= 0.3 is 5.97 Å². The number of halogens is 1. The van der Waals surface area contributed by atoms with E-state index in [-0.39, 0.29) is 6.61 Å². The molecule has 150 valence electrons. The van der Waals surface area contributed by atoms with Crippen molar-refractivity contribution in [2.75, 3.05) is 52.5 Å². The van der Waals surface area contributed by atoms with E-state index >= 15 is 0 Å². The Balaban J connectivity index is 1.55. The number of piperazine rings is 1. The number of carboxylic acids is 1. The number of rotatable bonds is 9. The van der Waals surface area contributed by atoms with Gasteiger partial charge in [0.1, 0.15) is 6.61 Å². The Labute approximate surface area is 171 Å². The van der Waals surface area contributed by atoms with Crippen molar-refractivity contribution in [1.29, 1.82) is 0 Å². The Morgan fingerprint density at radius 1 is 0.964 bits per heavy atom. The number of hydrogen-bond acceptors (Lipinski definition) is 4. The van der Waals surface area contributed by atoms with E-state index in [1.54, 1.807) is 0 Å². The van der Waals surface area contributed by atoms with Gasteiger partial charge in [-0.1, -0.05) is 54.1 Å². The number of benzene rings is 2. The van der Waals surface area contributed by atoms with Crippen molar-refractivity contribution >= 4 is 17.6 Å². The van der Waals surface area contributed by atoms with Gasteiger partial charge in [-0.2, -0.15) is 0 Å². The monoisotopic (exact) mass is 402 g/mol. The van der Waals surface area contributed by atoms with Crippen LogP contribution in [0.2, 0.25) is 5.02 Å². The molecule has 0 saturated carbocycles. The van der Waals surface area contributed by atoms with Gasteiger partial charge in [0.15, 0.2) is 0 Å². The summed E-state index contributed by atoms with van der Waals surface area (Å²) < 4.78 is 5.15. The summed E-state index contributed by atoms with van der Waals surface area (Å²) in [6.07, 6.45) is 0. The van der Waals surface area contributed by atoms with Crippen LogP contribution in [0.5, 0.6) is 0 Å². The van der Waals surface area contributed by atoms with Gasteiger partial charge in [-0.15, -0.1) is 0 Å². The molecule has 1 fully saturated rings. The topological polar surface area (TPSA) is 53.0 Å². The molecule has 1 aliphatic rings. The molecule has 0 aliphatic carbocycles. The number of carbonyl (C=O) groups is 1. The first-order valence-electron chi connectivity index (χ1n) is 9.66. The minimum Gasteiger partial charge on any atom is -0.480 e. The molecule has 28 heavy (non-hydrogen) atoms. The SMILES string of the molecule is O=C(O)COCCN1CCN(CC(c2ccccc2)c2ccc(Cl)cc2)CC1. The maximum absolute atomic E-state index is 10.5. The largest absolute Gasteiger partial charge is 0.480 e. The fraction of sp³-hybridized carbons (Fsp3) is 0.409. The predicted octanol–water partition coefficient (Wildman–Crippen LogP) is 3.19. The molecule has 1 saturated heterocycles. The van der Waals surface area contributed by atoms with Gasteiger partial charge in [0.25, 0.3) is 0 Å². The van der Waals surface area contributed by atoms with Crippen LogP contribution in [0, 0.1) is 0 Å². The third-order valence-electron chi connectivity index (χ3n) is 5.16. The van der Waals surface area contributed by atoms with Gasteiger partial charge in [0.05, 0.1) is 6.61 Å². The second kappa shape index (κ2) is 10.6. The first kappa shape index (κ1) is 20.8. The van der Waals surface area contributed by atoms with E-state index in [2.05, 4.69) is 46.2 Å². The highest BCUT2D eigenvalue weighted by Gasteiger charge is 2.22. The second-order valence-corrected chi connectivity index (χ2v) is 7.54. The van der Waals surface area contributed by atoms with E-state index in [1.165, 1.54) is 11.1 Å². The summed E-state index contributed by atoms with van der Waals surface area (Å²) in [5.74, 6) is -0.608. The zero-order chi connectivity index (χ0) is 19.8. The lowest BCUT2D eigenvalue weighted by atomic mass is 9.90. The van der Waals surface area contributed by atoms with Gasteiger partial charge < -0.3 is 9.84 Å². The average Bonchev–Trinajstić information content (AvgIpc) is 2.72. The maximum Gasteiger partial charge on any atom is 0.329 e. The van der Waals surface area contributed by atoms with Crippen LogP contribution in [0.25, 0.3) is 0 Å². The lowest BCUT2D eigenvalue weighted by Gasteiger charge is -2.36. The van der Waals surface area contributed by atoms with E-state index in [0.717, 1.165) is 44.3 Å². The van der Waals surface area contributed by atoms with Gasteiger partial charge in [-0.25, -0.2) is 4.79 Å². The van der Waals surface area contributed by atoms with Crippen LogP contribution in [0.3, 0.4) is 0 Å². The molecule has 1 unspecified atom stereocenters. The zero-order valence-electron chi connectivity index (χ0n) is 16.0. The molecule has 5 nitrogen and oxygen atoms in total. The van der Waals surface area contributed by atoms with Gasteiger partial charge in [-0.05, 0) is 23.3 Å². The summed E-state index contributed by atoms with van der Waals surface area (Å²) in [6, 6.07) is 18.8. The molecule has 1 atom stereocenters. The number of aliphatic carboxylic acids is 1. The van der Waals surface area contributed by atoms with E-state index in [9.17, 15) is 4.79 Å². The van der Waals surface area contributed by atoms with Crippen LogP contribution in [0.1, 0.15) is 17.0 Å². The second-order valence-electron chi connectivity index (χ2n) is 7.10. The van der Waals surface area contributed by atoms with E-state index in [0.29, 0.717) is 12.5 Å². The molecule has 1 aliphatic heterocycles. The van der Waals surface area contributed by atoms with Crippen molar-refractivity contribution in [1.82, 2.24) is 9.80 Å².